The van der Waals surface area contributed by atoms with Gasteiger partial charge < -0.3 is 4.74 Å². The van der Waals surface area contributed by atoms with Gasteiger partial charge in [0.1, 0.15) is 0 Å². The van der Waals surface area contributed by atoms with Crippen LogP contribution in [0.4, 0.5) is 0 Å². The predicted molar refractivity (Wildman–Crippen MR) is 56.7 cm³/mol. The van der Waals surface area contributed by atoms with Crippen molar-refractivity contribution in [3.63, 3.8) is 0 Å². The van der Waals surface area contributed by atoms with Gasteiger partial charge in [0.25, 0.3) is 0 Å². The maximum Gasteiger partial charge on any atom is 0.309 e. The van der Waals surface area contributed by atoms with Gasteiger partial charge in [-0.3, -0.25) is 4.79 Å². The molecule has 0 heterocycles. The number of hydrogen-bond acceptors (Lipinski definition) is 2. The molecular weight excluding hydrogens is 211 g/mol. The van der Waals surface area contributed by atoms with E-state index in [0.717, 1.165) is 5.56 Å². The summed E-state index contributed by atoms with van der Waals surface area (Å²) in [6, 6.07) is 9.52. The quantitative estimate of drug-likeness (QED) is 0.718. The molecule has 0 aliphatic carbocycles. The first-order valence-electron chi connectivity index (χ1n) is 3.43. The van der Waals surface area contributed by atoms with Crippen molar-refractivity contribution in [2.24, 2.45) is 0 Å². The lowest BCUT2D eigenvalue weighted by Crippen LogP contribution is -2.03. The lowest BCUT2D eigenvalue weighted by Gasteiger charge is -1.97. The summed E-state index contributed by atoms with van der Waals surface area (Å²) in [6.45, 7) is 0. The van der Waals surface area contributed by atoms with Gasteiger partial charge in [-0.25, -0.2) is 0 Å². The van der Waals surface area contributed by atoms with Crippen molar-refractivity contribution in [2.45, 2.75) is 6.42 Å². The van der Waals surface area contributed by atoms with E-state index >= 15 is 0 Å². The van der Waals surface area contributed by atoms with E-state index in [-0.39, 0.29) is 30.8 Å². The number of halogens is 2. The minimum Gasteiger partial charge on any atom is -0.469 e. The molecule has 0 spiro atoms. The Labute approximate surface area is 90.1 Å². The van der Waals surface area contributed by atoms with Crippen molar-refractivity contribution in [2.75, 3.05) is 7.11 Å². The van der Waals surface area contributed by atoms with Crippen LogP contribution in [0.3, 0.4) is 0 Å². The van der Waals surface area contributed by atoms with Gasteiger partial charge in [0.2, 0.25) is 0 Å². The lowest BCUT2D eigenvalue weighted by atomic mass is 10.2. The third kappa shape index (κ3) is 5.50. The van der Waals surface area contributed by atoms with Gasteiger partial charge in [-0.05, 0) is 5.56 Å². The third-order valence-electron chi connectivity index (χ3n) is 1.42. The summed E-state index contributed by atoms with van der Waals surface area (Å²) in [5.41, 5.74) is 0.986. The molecule has 1 rings (SSSR count). The second-order valence-electron chi connectivity index (χ2n) is 2.24. The Balaban J connectivity index is 0. The zero-order valence-electron chi connectivity index (χ0n) is 7.23. The summed E-state index contributed by atoms with van der Waals surface area (Å²) in [6.07, 6.45) is 0.358. The molecule has 74 valence electrons. The normalized spacial score (nSPS) is 7.77. The molecule has 0 aliphatic rings. The standard InChI is InChI=1S/C9H10O2.2ClH/c1-11-9(10)7-8-5-3-2-4-6-8;;/h2-6H,7H2,1H3;2*1H. The van der Waals surface area contributed by atoms with Crippen LogP contribution in [-0.4, -0.2) is 13.1 Å². The summed E-state index contributed by atoms with van der Waals surface area (Å²) >= 11 is 0. The van der Waals surface area contributed by atoms with Gasteiger partial charge >= 0.3 is 5.97 Å². The first-order valence-corrected chi connectivity index (χ1v) is 3.43. The molecule has 2 nitrogen and oxygen atoms in total. The van der Waals surface area contributed by atoms with Gasteiger partial charge in [0.05, 0.1) is 13.5 Å². The number of methoxy groups -OCH3 is 1. The monoisotopic (exact) mass is 222 g/mol. The van der Waals surface area contributed by atoms with Crippen molar-refractivity contribution in [1.29, 1.82) is 0 Å². The maximum atomic E-state index is 10.8. The number of rotatable bonds is 2. The average molecular weight is 223 g/mol. The molecule has 0 aromatic heterocycles. The van der Waals surface area contributed by atoms with Crippen molar-refractivity contribution < 1.29 is 9.53 Å². The SMILES string of the molecule is COC(=O)Cc1ccccc1.Cl.Cl. The molecule has 13 heavy (non-hydrogen) atoms. The zero-order chi connectivity index (χ0) is 8.10. The van der Waals surface area contributed by atoms with Crippen molar-refractivity contribution >= 4 is 30.8 Å². The first kappa shape index (κ1) is 14.8. The van der Waals surface area contributed by atoms with Crippen LogP contribution >= 0.6 is 24.8 Å². The van der Waals surface area contributed by atoms with Crippen LogP contribution in [-0.2, 0) is 16.0 Å². The molecule has 1 aromatic rings. The van der Waals surface area contributed by atoms with E-state index in [1.54, 1.807) is 0 Å². The van der Waals surface area contributed by atoms with E-state index in [4.69, 9.17) is 0 Å². The van der Waals surface area contributed by atoms with E-state index < -0.39 is 0 Å². The van der Waals surface area contributed by atoms with Gasteiger partial charge in [-0.1, -0.05) is 30.3 Å². The molecule has 0 fully saturated rings. The molecule has 0 atom stereocenters. The summed E-state index contributed by atoms with van der Waals surface area (Å²) < 4.78 is 4.52. The third-order valence-corrected chi connectivity index (χ3v) is 1.42. The van der Waals surface area contributed by atoms with Gasteiger partial charge in [-0.15, -0.1) is 24.8 Å². The number of hydrogen-bond donors (Lipinski definition) is 0. The Morgan fingerprint density at radius 3 is 2.23 bits per heavy atom. The highest BCUT2D eigenvalue weighted by molar-refractivity contribution is 5.85. The fourth-order valence-corrected chi connectivity index (χ4v) is 0.835. The molecule has 0 amide bonds. The van der Waals surface area contributed by atoms with E-state index in [1.807, 2.05) is 30.3 Å². The fraction of sp³-hybridized carbons (Fsp3) is 0.222. The van der Waals surface area contributed by atoms with E-state index in [9.17, 15) is 4.79 Å². The van der Waals surface area contributed by atoms with Crippen molar-refractivity contribution in [1.82, 2.24) is 0 Å². The number of carbonyl (C=O) groups is 1. The van der Waals surface area contributed by atoms with Crippen LogP contribution in [0.15, 0.2) is 30.3 Å². The Bertz CT molecular complexity index is 237. The smallest absolute Gasteiger partial charge is 0.309 e. The first-order chi connectivity index (χ1) is 5.33. The minimum absolute atomic E-state index is 0. The number of benzene rings is 1. The van der Waals surface area contributed by atoms with Gasteiger partial charge in [0, 0.05) is 0 Å². The summed E-state index contributed by atoms with van der Waals surface area (Å²) in [4.78, 5) is 10.8. The van der Waals surface area contributed by atoms with E-state index in [2.05, 4.69) is 4.74 Å². The molecule has 0 N–H and O–H groups in total. The molecule has 0 bridgehead atoms. The molecule has 0 saturated heterocycles. The minimum atomic E-state index is -0.198. The van der Waals surface area contributed by atoms with Crippen LogP contribution in [0.1, 0.15) is 5.56 Å². The van der Waals surface area contributed by atoms with Crippen LogP contribution < -0.4 is 0 Å². The Hall–Kier alpha value is -0.730. The fourth-order valence-electron chi connectivity index (χ4n) is 0.835. The second-order valence-corrected chi connectivity index (χ2v) is 2.24. The topological polar surface area (TPSA) is 26.3 Å². The second kappa shape index (κ2) is 7.90. The number of ether oxygens (including phenoxy) is 1. The molecule has 4 heteroatoms. The summed E-state index contributed by atoms with van der Waals surface area (Å²) in [5.74, 6) is -0.198. The van der Waals surface area contributed by atoms with E-state index in [0.29, 0.717) is 6.42 Å². The van der Waals surface area contributed by atoms with Crippen LogP contribution in [0.2, 0.25) is 0 Å². The van der Waals surface area contributed by atoms with Gasteiger partial charge in [-0.2, -0.15) is 0 Å². The van der Waals surface area contributed by atoms with Crippen LogP contribution in [0.25, 0.3) is 0 Å². The highest BCUT2D eigenvalue weighted by atomic mass is 35.5. The van der Waals surface area contributed by atoms with Crippen LogP contribution in [0.5, 0.6) is 0 Å². The Kier molecular flexibility index (Phi) is 8.97. The zero-order valence-corrected chi connectivity index (χ0v) is 8.86. The average Bonchev–Trinajstić information content (AvgIpc) is 2.06. The van der Waals surface area contributed by atoms with E-state index in [1.165, 1.54) is 7.11 Å². The number of esters is 1. The highest BCUT2D eigenvalue weighted by Gasteiger charge is 1.99. The molecule has 0 saturated carbocycles. The van der Waals surface area contributed by atoms with Crippen LogP contribution in [0, 0.1) is 0 Å². The number of carbonyl (C=O) groups excluding carboxylic acids is 1. The maximum absolute atomic E-state index is 10.8. The van der Waals surface area contributed by atoms with Gasteiger partial charge in [0.15, 0.2) is 0 Å². The molecule has 1 aromatic carbocycles. The summed E-state index contributed by atoms with van der Waals surface area (Å²) in [7, 11) is 1.39. The largest absolute Gasteiger partial charge is 0.469 e. The Morgan fingerprint density at radius 1 is 1.23 bits per heavy atom. The van der Waals surface area contributed by atoms with Crippen molar-refractivity contribution in [3.8, 4) is 0 Å². The molecule has 0 radical (unpaired) electrons. The molecule has 0 aliphatic heterocycles. The summed E-state index contributed by atoms with van der Waals surface area (Å²) in [5, 5.41) is 0. The predicted octanol–water partition coefficient (Wildman–Crippen LogP) is 2.25. The molecule has 0 unspecified atom stereocenters. The Morgan fingerprint density at radius 2 is 1.77 bits per heavy atom. The lowest BCUT2D eigenvalue weighted by molar-refractivity contribution is -0.139. The molecular formula is C9H12Cl2O2. The highest BCUT2D eigenvalue weighted by Crippen LogP contribution is 1.99. The van der Waals surface area contributed by atoms with Crippen molar-refractivity contribution in [3.05, 3.63) is 35.9 Å².